The lowest BCUT2D eigenvalue weighted by atomic mass is 9.95. The summed E-state index contributed by atoms with van der Waals surface area (Å²) in [5, 5.41) is 10.5. The van der Waals surface area contributed by atoms with Crippen molar-refractivity contribution in [2.75, 3.05) is 43.4 Å². The number of hydrogen-bond donors (Lipinski definition) is 2. The van der Waals surface area contributed by atoms with Crippen LogP contribution in [0.25, 0.3) is 0 Å². The van der Waals surface area contributed by atoms with Gasteiger partial charge in [0, 0.05) is 43.0 Å². The smallest absolute Gasteiger partial charge is 0.256 e. The zero-order valence-corrected chi connectivity index (χ0v) is 23.3. The predicted molar refractivity (Wildman–Crippen MR) is 151 cm³/mol. The Hall–Kier alpha value is -3.65. The fourth-order valence-electron chi connectivity index (χ4n) is 5.82. The molecule has 0 aliphatic carbocycles. The molecule has 1 fully saturated rings. The van der Waals surface area contributed by atoms with Gasteiger partial charge in [-0.1, -0.05) is 17.7 Å². The van der Waals surface area contributed by atoms with E-state index in [-0.39, 0.29) is 11.8 Å². The van der Waals surface area contributed by atoms with Gasteiger partial charge in [0.1, 0.15) is 0 Å². The van der Waals surface area contributed by atoms with Crippen molar-refractivity contribution in [1.82, 2.24) is 20.0 Å². The second-order valence-electron chi connectivity index (χ2n) is 11.3. The third kappa shape index (κ3) is 4.80. The molecule has 2 amide bonds. The van der Waals surface area contributed by atoms with Gasteiger partial charge < -0.3 is 20.0 Å². The number of carbonyl (C=O) groups is 2. The molecule has 200 valence electrons. The first-order valence-corrected chi connectivity index (χ1v) is 13.3. The first-order valence-electron chi connectivity index (χ1n) is 13.3. The molecule has 0 spiro atoms. The van der Waals surface area contributed by atoms with Crippen molar-refractivity contribution < 1.29 is 9.59 Å². The van der Waals surface area contributed by atoms with Crippen molar-refractivity contribution >= 4 is 23.3 Å². The number of aromatic amines is 1. The third-order valence-corrected chi connectivity index (χ3v) is 8.17. The third-order valence-electron chi connectivity index (χ3n) is 8.17. The number of aromatic nitrogens is 2. The minimum atomic E-state index is -0.556. The van der Waals surface area contributed by atoms with Crippen LogP contribution in [0.15, 0.2) is 36.4 Å². The molecule has 3 heterocycles. The van der Waals surface area contributed by atoms with Crippen LogP contribution in [-0.4, -0.2) is 65.0 Å². The number of likely N-dealkylation sites (N-methyl/N-ethyl adjacent to an activating group) is 1. The van der Waals surface area contributed by atoms with Gasteiger partial charge in [0.05, 0.1) is 24.2 Å². The van der Waals surface area contributed by atoms with E-state index >= 15 is 0 Å². The van der Waals surface area contributed by atoms with Crippen LogP contribution in [0, 0.1) is 20.8 Å². The molecule has 0 bridgehead atoms. The average Bonchev–Trinajstić information content (AvgIpc) is 3.39. The van der Waals surface area contributed by atoms with E-state index < -0.39 is 5.54 Å². The van der Waals surface area contributed by atoms with Gasteiger partial charge in [0.2, 0.25) is 5.91 Å². The monoisotopic (exact) mass is 514 g/mol. The molecule has 0 unspecified atom stereocenters. The van der Waals surface area contributed by atoms with Crippen molar-refractivity contribution in [2.45, 2.75) is 53.1 Å². The van der Waals surface area contributed by atoms with Crippen molar-refractivity contribution in [1.29, 1.82) is 0 Å². The van der Waals surface area contributed by atoms with Gasteiger partial charge in [-0.25, -0.2) is 0 Å². The van der Waals surface area contributed by atoms with E-state index in [0.29, 0.717) is 24.3 Å². The summed E-state index contributed by atoms with van der Waals surface area (Å²) < 4.78 is 0. The van der Waals surface area contributed by atoms with Crippen molar-refractivity contribution in [3.63, 3.8) is 0 Å². The second kappa shape index (κ2) is 9.91. The summed E-state index contributed by atoms with van der Waals surface area (Å²) >= 11 is 0. The topological polar surface area (TPSA) is 84.6 Å². The lowest BCUT2D eigenvalue weighted by molar-refractivity contribution is -0.135. The zero-order chi connectivity index (χ0) is 27.2. The molecule has 8 nitrogen and oxygen atoms in total. The number of nitrogens with one attached hydrogen (secondary N) is 2. The first-order chi connectivity index (χ1) is 18.0. The summed E-state index contributed by atoms with van der Waals surface area (Å²) in [7, 11) is 2.14. The van der Waals surface area contributed by atoms with E-state index in [1.807, 2.05) is 43.0 Å². The lowest BCUT2D eigenvalue weighted by Gasteiger charge is -2.34. The SMILES string of the molecule is Cc1cc(C)c(CC(=O)N2Cc3c(NC(=O)c4ccc(N5CCN(C)CC5)cc4)n[nH]c3C2(C)C)c(C)c1. The van der Waals surface area contributed by atoms with Gasteiger partial charge in [0.25, 0.3) is 5.91 Å². The Balaban J connectivity index is 1.28. The summed E-state index contributed by atoms with van der Waals surface area (Å²) in [6.07, 6.45) is 0.348. The predicted octanol–water partition coefficient (Wildman–Crippen LogP) is 4.16. The number of fused-ring (bicyclic) bond motifs is 1. The van der Waals surface area contributed by atoms with Crippen LogP contribution in [0.4, 0.5) is 11.5 Å². The molecule has 2 aromatic carbocycles. The van der Waals surface area contributed by atoms with Gasteiger partial charge in [-0.2, -0.15) is 5.10 Å². The lowest BCUT2D eigenvalue weighted by Crippen LogP contribution is -2.44. The molecule has 0 atom stereocenters. The maximum atomic E-state index is 13.5. The molecule has 3 aromatic rings. The Labute approximate surface area is 225 Å². The van der Waals surface area contributed by atoms with Crippen LogP contribution >= 0.6 is 0 Å². The molecule has 2 aliphatic rings. The van der Waals surface area contributed by atoms with E-state index in [9.17, 15) is 9.59 Å². The highest BCUT2D eigenvalue weighted by Gasteiger charge is 2.43. The molecule has 2 aliphatic heterocycles. The summed E-state index contributed by atoms with van der Waals surface area (Å²) in [6.45, 7) is 14.7. The van der Waals surface area contributed by atoms with Crippen molar-refractivity contribution in [3.05, 3.63) is 75.5 Å². The van der Waals surface area contributed by atoms with Crippen LogP contribution in [-0.2, 0) is 23.3 Å². The number of H-pyrrole nitrogens is 1. The maximum Gasteiger partial charge on any atom is 0.256 e. The summed E-state index contributed by atoms with van der Waals surface area (Å²) in [5.41, 5.74) is 7.44. The van der Waals surface area contributed by atoms with Crippen molar-refractivity contribution in [2.24, 2.45) is 0 Å². The van der Waals surface area contributed by atoms with Crippen LogP contribution in [0.1, 0.15) is 57.7 Å². The van der Waals surface area contributed by atoms with Gasteiger partial charge >= 0.3 is 0 Å². The number of anilines is 2. The fraction of sp³-hybridized carbons (Fsp3) is 0.433. The average molecular weight is 515 g/mol. The molecule has 5 rings (SSSR count). The minimum absolute atomic E-state index is 0.0615. The second-order valence-corrected chi connectivity index (χ2v) is 11.3. The van der Waals surface area contributed by atoms with Gasteiger partial charge in [-0.3, -0.25) is 14.7 Å². The number of carbonyl (C=O) groups excluding carboxylic acids is 2. The Morgan fingerprint density at radius 1 is 1.00 bits per heavy atom. The highest BCUT2D eigenvalue weighted by atomic mass is 16.2. The molecule has 2 N–H and O–H groups in total. The standard InChI is InChI=1S/C30H38N6O2/c1-19-15-20(2)24(21(3)16-19)17-26(37)36-18-25-27(30(36,4)5)32-33-28(25)31-29(38)22-7-9-23(10-8-22)35-13-11-34(6)12-14-35/h7-10,15-16H,11-14,17-18H2,1-6H3,(H2,31,32,33,38). The molecule has 0 radical (unpaired) electrons. The molecule has 1 aromatic heterocycles. The molecular weight excluding hydrogens is 476 g/mol. The van der Waals surface area contributed by atoms with Crippen LogP contribution in [0.5, 0.6) is 0 Å². The maximum absolute atomic E-state index is 13.5. The molecular formula is C30H38N6O2. The van der Waals surface area contributed by atoms with E-state index in [2.05, 4.69) is 65.3 Å². The molecule has 38 heavy (non-hydrogen) atoms. The Kier molecular flexibility index (Phi) is 6.77. The molecule has 0 saturated carbocycles. The highest BCUT2D eigenvalue weighted by molar-refractivity contribution is 6.04. The summed E-state index contributed by atoms with van der Waals surface area (Å²) in [5.74, 6) is 0.336. The van der Waals surface area contributed by atoms with Gasteiger partial charge in [-0.15, -0.1) is 0 Å². The van der Waals surface area contributed by atoms with Gasteiger partial charge in [-0.05, 0) is 82.6 Å². The van der Waals surface area contributed by atoms with Crippen LogP contribution in [0.3, 0.4) is 0 Å². The quantitative estimate of drug-likeness (QED) is 0.534. The minimum Gasteiger partial charge on any atom is -0.369 e. The number of piperazine rings is 1. The van der Waals surface area contributed by atoms with E-state index in [1.165, 1.54) is 5.56 Å². The van der Waals surface area contributed by atoms with Gasteiger partial charge in [0.15, 0.2) is 5.82 Å². The Morgan fingerprint density at radius 3 is 2.26 bits per heavy atom. The first kappa shape index (κ1) is 26.0. The number of amides is 2. The molecule has 8 heteroatoms. The fourth-order valence-corrected chi connectivity index (χ4v) is 5.82. The van der Waals surface area contributed by atoms with Crippen molar-refractivity contribution in [3.8, 4) is 0 Å². The summed E-state index contributed by atoms with van der Waals surface area (Å²) in [4.78, 5) is 33.2. The summed E-state index contributed by atoms with van der Waals surface area (Å²) in [6, 6.07) is 12.0. The van der Waals surface area contributed by atoms with E-state index in [0.717, 1.165) is 59.8 Å². The largest absolute Gasteiger partial charge is 0.369 e. The number of hydrogen-bond acceptors (Lipinski definition) is 5. The zero-order valence-electron chi connectivity index (χ0n) is 23.3. The number of nitrogens with zero attached hydrogens (tertiary/aromatic N) is 4. The highest BCUT2D eigenvalue weighted by Crippen LogP contribution is 2.41. The number of rotatable bonds is 5. The normalized spacial score (nSPS) is 17.0. The Morgan fingerprint density at radius 2 is 1.63 bits per heavy atom. The van der Waals surface area contributed by atoms with Crippen LogP contribution in [0.2, 0.25) is 0 Å². The van der Waals surface area contributed by atoms with Crippen LogP contribution < -0.4 is 10.2 Å². The van der Waals surface area contributed by atoms with E-state index in [1.54, 1.807) is 0 Å². The van der Waals surface area contributed by atoms with E-state index in [4.69, 9.17) is 0 Å². The number of benzene rings is 2. The number of aryl methyl sites for hydroxylation is 3. The Bertz CT molecular complexity index is 1340. The molecule has 1 saturated heterocycles.